The minimum Gasteiger partial charge on any atom is -0.298 e. The molecule has 2 rings (SSSR count). The van der Waals surface area contributed by atoms with E-state index in [9.17, 15) is 13.6 Å². The van der Waals surface area contributed by atoms with E-state index in [4.69, 9.17) is 0 Å². The highest BCUT2D eigenvalue weighted by Crippen LogP contribution is 2.22. The molecule has 0 N–H and O–H groups in total. The van der Waals surface area contributed by atoms with Crippen LogP contribution in [0.2, 0.25) is 0 Å². The molecular weight excluding hydrogens is 214 g/mol. The molecular formula is C11H6F2N2O. The van der Waals surface area contributed by atoms with Crippen molar-refractivity contribution in [2.75, 3.05) is 0 Å². The van der Waals surface area contributed by atoms with Crippen LogP contribution < -0.4 is 0 Å². The van der Waals surface area contributed by atoms with E-state index < -0.39 is 11.6 Å². The minimum absolute atomic E-state index is 0.0533. The second-order valence-electron chi connectivity index (χ2n) is 3.07. The van der Waals surface area contributed by atoms with Gasteiger partial charge in [0.1, 0.15) is 6.33 Å². The molecule has 2 aromatic rings. The predicted molar refractivity (Wildman–Crippen MR) is 52.8 cm³/mol. The van der Waals surface area contributed by atoms with E-state index in [2.05, 4.69) is 9.97 Å². The van der Waals surface area contributed by atoms with Gasteiger partial charge in [0.15, 0.2) is 17.9 Å². The maximum Gasteiger partial charge on any atom is 0.159 e. The Hall–Kier alpha value is -2.17. The van der Waals surface area contributed by atoms with Crippen molar-refractivity contribution in [3.8, 4) is 11.3 Å². The van der Waals surface area contributed by atoms with Crippen molar-refractivity contribution < 1.29 is 13.6 Å². The quantitative estimate of drug-likeness (QED) is 0.729. The van der Waals surface area contributed by atoms with Gasteiger partial charge in [-0.2, -0.15) is 0 Å². The number of carbonyl (C=O) groups is 1. The third-order valence-electron chi connectivity index (χ3n) is 2.08. The lowest BCUT2D eigenvalue weighted by atomic mass is 10.0. The topological polar surface area (TPSA) is 42.9 Å². The molecule has 80 valence electrons. The summed E-state index contributed by atoms with van der Waals surface area (Å²) in [4.78, 5) is 18.3. The fourth-order valence-electron chi connectivity index (χ4n) is 1.33. The highest BCUT2D eigenvalue weighted by molar-refractivity contribution is 5.86. The predicted octanol–water partition coefficient (Wildman–Crippen LogP) is 2.23. The molecule has 5 heteroatoms. The number of hydrogen-bond donors (Lipinski definition) is 0. The van der Waals surface area contributed by atoms with Crippen molar-refractivity contribution in [3.63, 3.8) is 0 Å². The van der Waals surface area contributed by atoms with Gasteiger partial charge in [-0.3, -0.25) is 4.79 Å². The average Bonchev–Trinajstić information content (AvgIpc) is 2.33. The van der Waals surface area contributed by atoms with Gasteiger partial charge in [-0.1, -0.05) is 0 Å². The second-order valence-corrected chi connectivity index (χ2v) is 3.07. The van der Waals surface area contributed by atoms with Crippen molar-refractivity contribution in [1.29, 1.82) is 0 Å². The Labute approximate surface area is 89.8 Å². The van der Waals surface area contributed by atoms with Crippen molar-refractivity contribution in [1.82, 2.24) is 9.97 Å². The lowest BCUT2D eigenvalue weighted by molar-refractivity contribution is 0.112. The van der Waals surface area contributed by atoms with Crippen LogP contribution in [0.4, 0.5) is 8.78 Å². The Kier molecular flexibility index (Phi) is 2.68. The van der Waals surface area contributed by atoms with E-state index in [-0.39, 0.29) is 11.1 Å². The van der Waals surface area contributed by atoms with Gasteiger partial charge in [0.05, 0.1) is 5.69 Å². The molecule has 1 heterocycles. The standard InChI is InChI=1S/C11H6F2N2O/c12-9-3-7(5-16)8(4-10(9)13)11-1-2-14-6-15-11/h1-6H. The summed E-state index contributed by atoms with van der Waals surface area (Å²) < 4.78 is 25.9. The lowest BCUT2D eigenvalue weighted by Gasteiger charge is -2.04. The molecule has 0 spiro atoms. The Morgan fingerprint density at radius 2 is 1.94 bits per heavy atom. The molecule has 1 aromatic carbocycles. The number of aldehydes is 1. The lowest BCUT2D eigenvalue weighted by Crippen LogP contribution is -1.95. The van der Waals surface area contributed by atoms with Gasteiger partial charge < -0.3 is 0 Å². The SMILES string of the molecule is O=Cc1cc(F)c(F)cc1-c1ccncn1. The first kappa shape index (κ1) is 10.4. The molecule has 0 bridgehead atoms. The van der Waals surface area contributed by atoms with Crippen molar-refractivity contribution in [2.45, 2.75) is 0 Å². The first-order valence-electron chi connectivity index (χ1n) is 4.43. The fraction of sp³-hybridized carbons (Fsp3) is 0. The van der Waals surface area contributed by atoms with Crippen LogP contribution in [0, 0.1) is 11.6 Å². The third kappa shape index (κ3) is 1.79. The van der Waals surface area contributed by atoms with Crippen LogP contribution in [0.5, 0.6) is 0 Å². The van der Waals surface area contributed by atoms with Gasteiger partial charge in [-0.15, -0.1) is 0 Å². The number of rotatable bonds is 2. The van der Waals surface area contributed by atoms with E-state index in [1.165, 1.54) is 18.6 Å². The van der Waals surface area contributed by atoms with Crippen LogP contribution in [0.3, 0.4) is 0 Å². The zero-order valence-electron chi connectivity index (χ0n) is 8.02. The summed E-state index contributed by atoms with van der Waals surface area (Å²) in [7, 11) is 0. The molecule has 0 atom stereocenters. The summed E-state index contributed by atoms with van der Waals surface area (Å²) >= 11 is 0. The molecule has 1 aromatic heterocycles. The Morgan fingerprint density at radius 1 is 1.19 bits per heavy atom. The highest BCUT2D eigenvalue weighted by atomic mass is 19.2. The second kappa shape index (κ2) is 4.14. The molecule has 0 radical (unpaired) electrons. The number of nitrogens with zero attached hydrogens (tertiary/aromatic N) is 2. The molecule has 0 aliphatic heterocycles. The molecule has 0 unspecified atom stereocenters. The van der Waals surface area contributed by atoms with Gasteiger partial charge in [0, 0.05) is 17.3 Å². The summed E-state index contributed by atoms with van der Waals surface area (Å²) in [6.45, 7) is 0. The molecule has 0 aliphatic rings. The van der Waals surface area contributed by atoms with Crippen LogP contribution >= 0.6 is 0 Å². The van der Waals surface area contributed by atoms with E-state index in [1.807, 2.05) is 0 Å². The van der Waals surface area contributed by atoms with Crippen LogP contribution in [-0.4, -0.2) is 16.3 Å². The van der Waals surface area contributed by atoms with Crippen LogP contribution in [0.1, 0.15) is 10.4 Å². The highest BCUT2D eigenvalue weighted by Gasteiger charge is 2.11. The van der Waals surface area contributed by atoms with Gasteiger partial charge in [-0.25, -0.2) is 18.7 Å². The number of hydrogen-bond acceptors (Lipinski definition) is 3. The minimum atomic E-state index is -1.06. The molecule has 0 saturated heterocycles. The molecule has 0 saturated carbocycles. The molecule has 0 aliphatic carbocycles. The summed E-state index contributed by atoms with van der Waals surface area (Å²) in [6, 6.07) is 3.31. The summed E-state index contributed by atoms with van der Waals surface area (Å²) in [5.41, 5.74) is 0.671. The number of halogens is 2. The van der Waals surface area contributed by atoms with Gasteiger partial charge >= 0.3 is 0 Å². The zero-order valence-corrected chi connectivity index (χ0v) is 8.02. The average molecular weight is 220 g/mol. The number of aromatic nitrogens is 2. The van der Waals surface area contributed by atoms with Crippen LogP contribution in [0.25, 0.3) is 11.3 Å². The first-order valence-corrected chi connectivity index (χ1v) is 4.43. The molecule has 16 heavy (non-hydrogen) atoms. The van der Waals surface area contributed by atoms with E-state index in [1.54, 1.807) is 0 Å². The summed E-state index contributed by atoms with van der Waals surface area (Å²) in [5.74, 6) is -2.07. The maximum atomic E-state index is 13.0. The van der Waals surface area contributed by atoms with Crippen LogP contribution in [0.15, 0.2) is 30.7 Å². The monoisotopic (exact) mass is 220 g/mol. The summed E-state index contributed by atoms with van der Waals surface area (Å²) in [5, 5.41) is 0. The zero-order chi connectivity index (χ0) is 11.5. The van der Waals surface area contributed by atoms with Crippen LogP contribution in [-0.2, 0) is 0 Å². The molecule has 0 amide bonds. The Morgan fingerprint density at radius 3 is 2.56 bits per heavy atom. The fourth-order valence-corrected chi connectivity index (χ4v) is 1.33. The van der Waals surface area contributed by atoms with Gasteiger partial charge in [-0.05, 0) is 18.2 Å². The van der Waals surface area contributed by atoms with E-state index in [0.29, 0.717) is 12.0 Å². The summed E-state index contributed by atoms with van der Waals surface area (Å²) in [6.07, 6.45) is 3.18. The molecule has 0 fully saturated rings. The Balaban J connectivity index is 2.65. The smallest absolute Gasteiger partial charge is 0.159 e. The Bertz CT molecular complexity index is 529. The maximum absolute atomic E-state index is 13.0. The van der Waals surface area contributed by atoms with Crippen molar-refractivity contribution in [2.24, 2.45) is 0 Å². The largest absolute Gasteiger partial charge is 0.298 e. The first-order chi connectivity index (χ1) is 7.72. The number of carbonyl (C=O) groups excluding carboxylic acids is 1. The normalized spacial score (nSPS) is 10.1. The van der Waals surface area contributed by atoms with Crippen molar-refractivity contribution in [3.05, 3.63) is 47.9 Å². The number of benzene rings is 1. The van der Waals surface area contributed by atoms with Gasteiger partial charge in [0.25, 0.3) is 0 Å². The third-order valence-corrected chi connectivity index (χ3v) is 2.08. The van der Waals surface area contributed by atoms with Crippen molar-refractivity contribution >= 4 is 6.29 Å². The van der Waals surface area contributed by atoms with Gasteiger partial charge in [0.2, 0.25) is 0 Å². The van der Waals surface area contributed by atoms with E-state index >= 15 is 0 Å². The van der Waals surface area contributed by atoms with E-state index in [0.717, 1.165) is 12.1 Å². The molecule has 3 nitrogen and oxygen atoms in total.